The van der Waals surface area contributed by atoms with Crippen LogP contribution in [0.4, 0.5) is 5.95 Å². The first kappa shape index (κ1) is 15.5. The zero-order chi connectivity index (χ0) is 18.5. The first-order chi connectivity index (χ1) is 13.9. The molecule has 8 nitrogen and oxygen atoms in total. The third kappa shape index (κ3) is 2.35. The highest BCUT2D eigenvalue weighted by Gasteiger charge is 2.36. The number of aliphatic imine (C=N–C) groups is 1. The Morgan fingerprint density at radius 3 is 2.79 bits per heavy atom. The zero-order valence-corrected chi connectivity index (χ0v) is 15.0. The summed E-state index contributed by atoms with van der Waals surface area (Å²) in [5.74, 6) is 3.40. The second-order valence-electron chi connectivity index (χ2n) is 6.93. The van der Waals surface area contributed by atoms with Crippen LogP contribution in [-0.4, -0.2) is 33.7 Å². The number of fused-ring (bicyclic) bond motifs is 5. The highest BCUT2D eigenvalue weighted by molar-refractivity contribution is 5.98. The number of anilines is 1. The molecule has 0 radical (unpaired) electrons. The molecule has 0 spiro atoms. The van der Waals surface area contributed by atoms with Crippen LogP contribution in [0.5, 0.6) is 0 Å². The molecule has 0 fully saturated rings. The van der Waals surface area contributed by atoms with E-state index in [1.807, 2.05) is 42.5 Å². The van der Waals surface area contributed by atoms with Gasteiger partial charge in [0.15, 0.2) is 6.17 Å². The molecule has 5 heterocycles. The minimum absolute atomic E-state index is 0.191. The molecule has 8 heteroatoms. The predicted molar refractivity (Wildman–Crippen MR) is 104 cm³/mol. The van der Waals surface area contributed by atoms with Crippen molar-refractivity contribution in [1.29, 1.82) is 0 Å². The van der Waals surface area contributed by atoms with Gasteiger partial charge in [-0.05, 0) is 36.4 Å². The number of furan rings is 2. The molecule has 0 bridgehead atoms. The highest BCUT2D eigenvalue weighted by Crippen LogP contribution is 2.34. The molecule has 28 heavy (non-hydrogen) atoms. The van der Waals surface area contributed by atoms with Crippen molar-refractivity contribution in [1.82, 2.24) is 19.8 Å². The van der Waals surface area contributed by atoms with Gasteiger partial charge in [-0.25, -0.2) is 9.98 Å². The molecular weight excluding hydrogens is 356 g/mol. The van der Waals surface area contributed by atoms with Crippen LogP contribution < -0.4 is 10.2 Å². The first-order valence-corrected chi connectivity index (χ1v) is 9.20. The highest BCUT2D eigenvalue weighted by atomic mass is 16.3. The first-order valence-electron chi connectivity index (χ1n) is 9.20. The Morgan fingerprint density at radius 1 is 1.04 bits per heavy atom. The Morgan fingerprint density at radius 2 is 1.93 bits per heavy atom. The number of aromatic nitrogens is 2. The van der Waals surface area contributed by atoms with Crippen molar-refractivity contribution in [3.05, 3.63) is 72.6 Å². The van der Waals surface area contributed by atoms with Crippen molar-refractivity contribution >= 4 is 22.9 Å². The SMILES string of the molecule is c1coc(CN2CN=C3N[C@@H](c4ccco4)n4c(nc5ccccc54)N3C2)c1. The Labute approximate surface area is 160 Å². The molecule has 4 aromatic rings. The Hall–Kier alpha value is -3.52. The van der Waals surface area contributed by atoms with Crippen LogP contribution >= 0.6 is 0 Å². The van der Waals surface area contributed by atoms with Crippen molar-refractivity contribution in [2.24, 2.45) is 4.99 Å². The summed E-state index contributed by atoms with van der Waals surface area (Å²) >= 11 is 0. The van der Waals surface area contributed by atoms with Crippen LogP contribution in [0.1, 0.15) is 17.7 Å². The summed E-state index contributed by atoms with van der Waals surface area (Å²) in [5, 5.41) is 3.53. The summed E-state index contributed by atoms with van der Waals surface area (Å²) < 4.78 is 13.4. The van der Waals surface area contributed by atoms with Gasteiger partial charge in [0, 0.05) is 0 Å². The monoisotopic (exact) mass is 374 g/mol. The lowest BCUT2D eigenvalue weighted by atomic mass is 10.2. The zero-order valence-electron chi connectivity index (χ0n) is 15.0. The molecule has 0 saturated heterocycles. The summed E-state index contributed by atoms with van der Waals surface area (Å²) in [5.41, 5.74) is 1.99. The number of guanidine groups is 1. The quantitative estimate of drug-likeness (QED) is 0.594. The fourth-order valence-electron chi connectivity index (χ4n) is 3.88. The maximum Gasteiger partial charge on any atom is 0.216 e. The van der Waals surface area contributed by atoms with Crippen LogP contribution in [0.3, 0.4) is 0 Å². The van der Waals surface area contributed by atoms with E-state index in [1.54, 1.807) is 12.5 Å². The number of imidazole rings is 1. The van der Waals surface area contributed by atoms with Gasteiger partial charge in [0.2, 0.25) is 11.9 Å². The maximum absolute atomic E-state index is 5.71. The van der Waals surface area contributed by atoms with Crippen LogP contribution in [0, 0.1) is 0 Å². The summed E-state index contributed by atoms with van der Waals surface area (Å²) in [4.78, 5) is 14.0. The summed E-state index contributed by atoms with van der Waals surface area (Å²) in [6, 6.07) is 15.9. The minimum atomic E-state index is -0.191. The van der Waals surface area contributed by atoms with E-state index in [-0.39, 0.29) is 6.17 Å². The summed E-state index contributed by atoms with van der Waals surface area (Å²) in [6.07, 6.45) is 3.20. The lowest BCUT2D eigenvalue weighted by Crippen LogP contribution is -2.57. The molecule has 1 N–H and O–H groups in total. The van der Waals surface area contributed by atoms with E-state index in [1.165, 1.54) is 0 Å². The third-order valence-electron chi connectivity index (χ3n) is 5.13. The van der Waals surface area contributed by atoms with Crippen LogP contribution in [0.2, 0.25) is 0 Å². The average molecular weight is 374 g/mol. The van der Waals surface area contributed by atoms with E-state index in [0.29, 0.717) is 19.9 Å². The molecule has 1 atom stereocenters. The molecule has 140 valence electrons. The van der Waals surface area contributed by atoms with Gasteiger partial charge in [-0.3, -0.25) is 14.4 Å². The Balaban J connectivity index is 1.44. The lowest BCUT2D eigenvalue weighted by molar-refractivity contribution is 0.241. The largest absolute Gasteiger partial charge is 0.468 e. The van der Waals surface area contributed by atoms with Crippen LogP contribution in [0.15, 0.2) is 74.9 Å². The maximum atomic E-state index is 5.71. The topological polar surface area (TPSA) is 75.0 Å². The smallest absolute Gasteiger partial charge is 0.216 e. The summed E-state index contributed by atoms with van der Waals surface area (Å²) in [7, 11) is 0. The van der Waals surface area contributed by atoms with Crippen LogP contribution in [0.25, 0.3) is 11.0 Å². The lowest BCUT2D eigenvalue weighted by Gasteiger charge is -2.40. The van der Waals surface area contributed by atoms with Gasteiger partial charge < -0.3 is 14.2 Å². The normalized spacial score (nSPS) is 19.2. The fraction of sp³-hybridized carbons (Fsp3) is 0.200. The van der Waals surface area contributed by atoms with E-state index in [2.05, 4.69) is 25.8 Å². The van der Waals surface area contributed by atoms with E-state index in [9.17, 15) is 0 Å². The van der Waals surface area contributed by atoms with Crippen molar-refractivity contribution in [2.75, 3.05) is 18.2 Å². The standard InChI is InChI=1S/C20H18N6O2/c1-2-7-16-15(6-1)22-20-25-13-24(11-14-5-3-9-27-14)12-21-19(25)23-18(26(16)20)17-8-4-10-28-17/h1-10,18H,11-13H2,(H,21,23)/t18-/m1/s1. The minimum Gasteiger partial charge on any atom is -0.468 e. The van der Waals surface area contributed by atoms with Gasteiger partial charge in [0.1, 0.15) is 11.5 Å². The van der Waals surface area contributed by atoms with Gasteiger partial charge in [-0.2, -0.15) is 0 Å². The molecule has 2 aliphatic heterocycles. The number of hydrogen-bond acceptors (Lipinski definition) is 7. The number of benzene rings is 1. The van der Waals surface area contributed by atoms with E-state index in [4.69, 9.17) is 18.8 Å². The van der Waals surface area contributed by atoms with Gasteiger partial charge in [-0.1, -0.05) is 12.1 Å². The van der Waals surface area contributed by atoms with Crippen LogP contribution in [-0.2, 0) is 6.54 Å². The molecule has 0 saturated carbocycles. The number of nitrogens with zero attached hydrogens (tertiary/aromatic N) is 5. The number of para-hydroxylation sites is 2. The van der Waals surface area contributed by atoms with Gasteiger partial charge in [0.25, 0.3) is 0 Å². The van der Waals surface area contributed by atoms with Crippen molar-refractivity contribution < 1.29 is 8.83 Å². The second kappa shape index (κ2) is 6.00. The van der Waals surface area contributed by atoms with Gasteiger partial charge >= 0.3 is 0 Å². The Bertz CT molecular complexity index is 1150. The number of rotatable bonds is 3. The number of nitrogens with one attached hydrogen (secondary N) is 1. The molecule has 6 rings (SSSR count). The average Bonchev–Trinajstić information content (AvgIpc) is 3.48. The predicted octanol–water partition coefficient (Wildman–Crippen LogP) is 2.97. The molecule has 3 aromatic heterocycles. The molecule has 0 aliphatic carbocycles. The molecule has 1 aromatic carbocycles. The van der Waals surface area contributed by atoms with Crippen molar-refractivity contribution in [3.63, 3.8) is 0 Å². The van der Waals surface area contributed by atoms with Crippen molar-refractivity contribution in [2.45, 2.75) is 12.7 Å². The molecule has 0 unspecified atom stereocenters. The Kier molecular flexibility index (Phi) is 3.33. The van der Waals surface area contributed by atoms with E-state index in [0.717, 1.165) is 34.5 Å². The number of hydrogen-bond donors (Lipinski definition) is 1. The molecule has 0 amide bonds. The van der Waals surface area contributed by atoms with Gasteiger partial charge in [-0.15, -0.1) is 0 Å². The third-order valence-corrected chi connectivity index (χ3v) is 5.13. The van der Waals surface area contributed by atoms with Crippen molar-refractivity contribution in [3.8, 4) is 0 Å². The van der Waals surface area contributed by atoms with E-state index >= 15 is 0 Å². The molecule has 2 aliphatic rings. The fourth-order valence-corrected chi connectivity index (χ4v) is 3.88. The van der Waals surface area contributed by atoms with E-state index < -0.39 is 0 Å². The molecular formula is C20H18N6O2. The van der Waals surface area contributed by atoms with Gasteiger partial charge in [0.05, 0.1) is 43.4 Å². The second-order valence-corrected chi connectivity index (χ2v) is 6.93. The summed E-state index contributed by atoms with van der Waals surface area (Å²) in [6.45, 7) is 1.95.